The van der Waals surface area contributed by atoms with Gasteiger partial charge in [-0.1, -0.05) is 0 Å². The van der Waals surface area contributed by atoms with Gasteiger partial charge in [-0.3, -0.25) is 0 Å². The van der Waals surface area contributed by atoms with E-state index in [9.17, 15) is 4.57 Å². The molecular formula is C11H17N2OPSn. The molecule has 0 spiro atoms. The number of rotatable bonds is 2. The predicted molar refractivity (Wildman–Crippen MR) is 71.0 cm³/mol. The van der Waals surface area contributed by atoms with Crippen molar-refractivity contribution in [3.05, 3.63) is 17.8 Å². The minimum atomic E-state index is -2.41. The molecular weight excluding hydrogens is 326 g/mol. The van der Waals surface area contributed by atoms with Gasteiger partial charge in [-0.25, -0.2) is 0 Å². The van der Waals surface area contributed by atoms with Crippen LogP contribution in [0.2, 0.25) is 14.8 Å². The molecule has 0 radical (unpaired) electrons. The average Bonchev–Trinajstić information content (AvgIpc) is 2.14. The van der Waals surface area contributed by atoms with Gasteiger partial charge in [0.25, 0.3) is 0 Å². The first kappa shape index (κ1) is 13.7. The summed E-state index contributed by atoms with van der Waals surface area (Å²) in [5.41, 5.74) is 0.532. The first-order valence-electron chi connectivity index (χ1n) is 5.12. The van der Waals surface area contributed by atoms with Crippen molar-refractivity contribution in [3.8, 4) is 6.07 Å². The molecule has 0 atom stereocenters. The quantitative estimate of drug-likeness (QED) is 0.607. The zero-order valence-corrected chi connectivity index (χ0v) is 14.2. The van der Waals surface area contributed by atoms with Gasteiger partial charge in [-0.15, -0.1) is 0 Å². The Morgan fingerprint density at radius 1 is 1.38 bits per heavy atom. The topological polar surface area (TPSA) is 53.8 Å². The number of nitrogens with zero attached hydrogens (tertiary/aromatic N) is 2. The summed E-state index contributed by atoms with van der Waals surface area (Å²) in [5.74, 6) is 0. The molecule has 0 aromatic carbocycles. The van der Waals surface area contributed by atoms with E-state index in [1.165, 1.54) is 0 Å². The summed E-state index contributed by atoms with van der Waals surface area (Å²) in [4.78, 5) is 11.1. The predicted octanol–water partition coefficient (Wildman–Crippen LogP) is 1.75. The molecule has 0 saturated carbocycles. The summed E-state index contributed by atoms with van der Waals surface area (Å²) in [5, 5.41) is 9.70. The van der Waals surface area contributed by atoms with E-state index in [1.54, 1.807) is 19.5 Å². The van der Waals surface area contributed by atoms with Crippen molar-refractivity contribution in [2.75, 3.05) is 13.3 Å². The Balaban J connectivity index is 3.42. The fraction of sp³-hybridized carbons (Fsp3) is 0.455. The van der Waals surface area contributed by atoms with Crippen LogP contribution in [0.25, 0.3) is 0 Å². The minimum absolute atomic E-state index is 0.532. The molecule has 0 unspecified atom stereocenters. The van der Waals surface area contributed by atoms with E-state index in [1.807, 2.05) is 6.07 Å². The number of pyridine rings is 1. The summed E-state index contributed by atoms with van der Waals surface area (Å²) >= 11 is -2.24. The molecule has 1 aromatic heterocycles. The summed E-state index contributed by atoms with van der Waals surface area (Å²) in [7, 11) is -2.41. The van der Waals surface area contributed by atoms with Gasteiger partial charge < -0.3 is 0 Å². The zero-order chi connectivity index (χ0) is 12.6. The molecule has 1 aromatic rings. The van der Waals surface area contributed by atoms with Crippen LogP contribution in [0.3, 0.4) is 0 Å². The van der Waals surface area contributed by atoms with Crippen molar-refractivity contribution >= 4 is 34.5 Å². The number of nitriles is 1. The molecule has 0 amide bonds. The van der Waals surface area contributed by atoms with E-state index in [-0.39, 0.29) is 0 Å². The normalized spacial score (nSPS) is 12.2. The third-order valence-electron chi connectivity index (χ3n) is 2.35. The SMILES string of the molecule is CP(C)(=O)c1cn[c]([Sn]([CH3])([CH3])[CH3])cc1C#N. The molecule has 0 saturated heterocycles. The second kappa shape index (κ2) is 4.50. The van der Waals surface area contributed by atoms with E-state index in [4.69, 9.17) is 5.26 Å². The molecule has 0 aliphatic carbocycles. The Bertz CT molecular complexity index is 494. The van der Waals surface area contributed by atoms with Gasteiger partial charge in [0.2, 0.25) is 0 Å². The van der Waals surface area contributed by atoms with Gasteiger partial charge in [0, 0.05) is 0 Å². The van der Waals surface area contributed by atoms with E-state index >= 15 is 0 Å². The number of hydrogen-bond donors (Lipinski definition) is 0. The monoisotopic (exact) mass is 344 g/mol. The van der Waals surface area contributed by atoms with Gasteiger partial charge in [-0.2, -0.15) is 0 Å². The molecule has 1 heterocycles. The fourth-order valence-corrected chi connectivity index (χ4v) is 5.34. The van der Waals surface area contributed by atoms with Gasteiger partial charge in [0.05, 0.1) is 0 Å². The summed E-state index contributed by atoms with van der Waals surface area (Å²) < 4.78 is 13.0. The standard InChI is InChI=1S/C8H8N2OP.3CH3.Sn/c1-12(2,11)8-6-10-4-3-7(8)5-9;;;;/h3,6H,1-2H3;3*1H3;. The van der Waals surface area contributed by atoms with Crippen LogP contribution in [0, 0.1) is 11.3 Å². The molecule has 3 nitrogen and oxygen atoms in total. The second-order valence-corrected chi connectivity index (χ2v) is 22.8. The van der Waals surface area contributed by atoms with Crippen LogP contribution >= 0.6 is 7.14 Å². The molecule has 16 heavy (non-hydrogen) atoms. The molecule has 86 valence electrons. The Hall–Kier alpha value is -0.331. The average molecular weight is 343 g/mol. The van der Waals surface area contributed by atoms with E-state index < -0.39 is 25.5 Å². The second-order valence-electron chi connectivity index (χ2n) is 5.30. The third-order valence-corrected chi connectivity index (χ3v) is 9.04. The molecule has 0 N–H and O–H groups in total. The number of hydrogen-bond acceptors (Lipinski definition) is 3. The van der Waals surface area contributed by atoms with Crippen molar-refractivity contribution in [1.29, 1.82) is 5.26 Å². The van der Waals surface area contributed by atoms with Crippen LogP contribution in [0.5, 0.6) is 0 Å². The summed E-state index contributed by atoms with van der Waals surface area (Å²) in [6.07, 6.45) is 1.64. The van der Waals surface area contributed by atoms with Crippen molar-refractivity contribution in [1.82, 2.24) is 4.98 Å². The van der Waals surface area contributed by atoms with E-state index in [2.05, 4.69) is 25.9 Å². The molecule has 1 rings (SSSR count). The molecule has 5 heteroatoms. The Morgan fingerprint density at radius 2 is 1.94 bits per heavy atom. The molecule has 0 aliphatic heterocycles. The molecule has 0 aliphatic rings. The number of aromatic nitrogens is 1. The van der Waals surface area contributed by atoms with Crippen LogP contribution in [0.15, 0.2) is 12.3 Å². The van der Waals surface area contributed by atoms with Crippen molar-refractivity contribution in [2.24, 2.45) is 0 Å². The Kier molecular flexibility index (Phi) is 3.87. The fourth-order valence-electron chi connectivity index (χ4n) is 1.38. The maximum absolute atomic E-state index is 12.0. The zero-order valence-electron chi connectivity index (χ0n) is 10.4. The van der Waals surface area contributed by atoms with Crippen LogP contribution in [0.4, 0.5) is 0 Å². The van der Waals surface area contributed by atoms with E-state index in [0.29, 0.717) is 10.9 Å². The maximum atomic E-state index is 12.0. The van der Waals surface area contributed by atoms with Crippen molar-refractivity contribution in [2.45, 2.75) is 14.8 Å². The van der Waals surface area contributed by atoms with Crippen molar-refractivity contribution < 1.29 is 4.57 Å². The Labute approximate surface area is 101 Å². The summed E-state index contributed by atoms with van der Waals surface area (Å²) in [6.45, 7) is 3.34. The molecule has 0 bridgehead atoms. The third kappa shape index (κ3) is 3.08. The van der Waals surface area contributed by atoms with Crippen LogP contribution in [-0.2, 0) is 4.57 Å². The first-order valence-corrected chi connectivity index (χ1v) is 17.7. The van der Waals surface area contributed by atoms with Crippen molar-refractivity contribution in [3.63, 3.8) is 0 Å². The van der Waals surface area contributed by atoms with Gasteiger partial charge in [0.15, 0.2) is 0 Å². The Morgan fingerprint density at radius 3 is 2.31 bits per heavy atom. The first-order chi connectivity index (χ1) is 7.16. The van der Waals surface area contributed by atoms with Gasteiger partial charge >= 0.3 is 101 Å². The summed E-state index contributed by atoms with van der Waals surface area (Å²) in [6, 6.07) is 3.97. The van der Waals surface area contributed by atoms with Crippen LogP contribution < -0.4 is 9.01 Å². The van der Waals surface area contributed by atoms with E-state index in [0.717, 1.165) is 3.71 Å². The van der Waals surface area contributed by atoms with Gasteiger partial charge in [0.1, 0.15) is 0 Å². The molecule has 0 fully saturated rings. The van der Waals surface area contributed by atoms with Gasteiger partial charge in [-0.05, 0) is 0 Å². The van der Waals surface area contributed by atoms with Crippen LogP contribution in [0.1, 0.15) is 5.56 Å². The van der Waals surface area contributed by atoms with Crippen LogP contribution in [-0.4, -0.2) is 36.7 Å².